The lowest BCUT2D eigenvalue weighted by atomic mass is 10.2. The molecule has 2 heterocycles. The third-order valence-corrected chi connectivity index (χ3v) is 5.28. The first kappa shape index (κ1) is 14.4. The summed E-state index contributed by atoms with van der Waals surface area (Å²) in [5.74, 6) is 0. The Kier molecular flexibility index (Phi) is 4.41. The molecule has 1 fully saturated rings. The summed E-state index contributed by atoms with van der Waals surface area (Å²) in [6, 6.07) is 11.0. The quantitative estimate of drug-likeness (QED) is 0.941. The van der Waals surface area contributed by atoms with Crippen LogP contribution in [-0.2, 0) is 0 Å². The predicted octanol–water partition coefficient (Wildman–Crippen LogP) is 2.75. The Labute approximate surface area is 130 Å². The maximum absolute atomic E-state index is 4.59. The molecular weight excluding hydrogens is 280 g/mol. The monoisotopic (exact) mass is 302 g/mol. The zero-order chi connectivity index (χ0) is 14.7. The Morgan fingerprint density at radius 2 is 1.76 bits per heavy atom. The fourth-order valence-electron chi connectivity index (χ4n) is 2.56. The van der Waals surface area contributed by atoms with Crippen molar-refractivity contribution < 1.29 is 0 Å². The minimum absolute atomic E-state index is 0.377. The van der Waals surface area contributed by atoms with E-state index in [9.17, 15) is 0 Å². The van der Waals surface area contributed by atoms with E-state index in [2.05, 4.69) is 57.4 Å². The third kappa shape index (κ3) is 3.19. The van der Waals surface area contributed by atoms with Crippen LogP contribution in [0.3, 0.4) is 0 Å². The first-order valence-corrected chi connectivity index (χ1v) is 8.27. The third-order valence-electron chi connectivity index (χ3n) is 4.04. The number of hydrogen-bond donors (Lipinski definition) is 1. The molecule has 0 saturated carbocycles. The number of aromatic nitrogens is 1. The van der Waals surface area contributed by atoms with Gasteiger partial charge in [-0.05, 0) is 26.1 Å². The van der Waals surface area contributed by atoms with Gasteiger partial charge < -0.3 is 15.1 Å². The van der Waals surface area contributed by atoms with Gasteiger partial charge in [0.15, 0.2) is 5.13 Å². The van der Waals surface area contributed by atoms with Crippen molar-refractivity contribution in [3.05, 3.63) is 41.4 Å². The van der Waals surface area contributed by atoms with E-state index in [0.717, 1.165) is 31.3 Å². The summed E-state index contributed by atoms with van der Waals surface area (Å²) in [6.07, 6.45) is 2.00. The molecule has 1 atom stereocenters. The van der Waals surface area contributed by atoms with E-state index in [1.165, 1.54) is 10.6 Å². The summed E-state index contributed by atoms with van der Waals surface area (Å²) in [6.45, 7) is 6.36. The summed E-state index contributed by atoms with van der Waals surface area (Å²) in [7, 11) is 1.99. The summed E-state index contributed by atoms with van der Waals surface area (Å²) in [4.78, 5) is 10.7. The highest BCUT2D eigenvalue weighted by Gasteiger charge is 2.20. The summed E-state index contributed by atoms with van der Waals surface area (Å²) >= 11 is 1.80. The molecule has 2 aromatic rings. The van der Waals surface area contributed by atoms with Crippen LogP contribution < -0.4 is 15.1 Å². The Hall–Kier alpha value is -1.59. The lowest BCUT2D eigenvalue weighted by Crippen LogP contribution is -2.46. The van der Waals surface area contributed by atoms with Crippen molar-refractivity contribution in [1.82, 2.24) is 10.3 Å². The molecule has 0 spiro atoms. The number of hydrogen-bond acceptors (Lipinski definition) is 5. The van der Waals surface area contributed by atoms with E-state index in [4.69, 9.17) is 0 Å². The molecule has 3 rings (SSSR count). The molecule has 1 N–H and O–H groups in total. The Bertz CT molecular complexity index is 561. The van der Waals surface area contributed by atoms with Crippen molar-refractivity contribution in [2.45, 2.75) is 13.0 Å². The average molecular weight is 302 g/mol. The van der Waals surface area contributed by atoms with E-state index in [0.29, 0.717) is 6.04 Å². The van der Waals surface area contributed by atoms with Gasteiger partial charge in [0.25, 0.3) is 0 Å². The van der Waals surface area contributed by atoms with Crippen LogP contribution in [0.2, 0.25) is 0 Å². The average Bonchev–Trinajstić information content (AvgIpc) is 3.05. The van der Waals surface area contributed by atoms with E-state index < -0.39 is 0 Å². The fraction of sp³-hybridized carbons (Fsp3) is 0.438. The highest BCUT2D eigenvalue weighted by Crippen LogP contribution is 2.28. The molecule has 0 amide bonds. The van der Waals surface area contributed by atoms with Crippen molar-refractivity contribution in [3.8, 4) is 0 Å². The van der Waals surface area contributed by atoms with Gasteiger partial charge in [-0.15, -0.1) is 11.3 Å². The molecule has 1 aromatic heterocycles. The first-order chi connectivity index (χ1) is 10.3. The largest absolute Gasteiger partial charge is 0.368 e. The van der Waals surface area contributed by atoms with Gasteiger partial charge in [0.1, 0.15) is 0 Å². The van der Waals surface area contributed by atoms with Gasteiger partial charge in [0.2, 0.25) is 0 Å². The minimum Gasteiger partial charge on any atom is -0.368 e. The SMILES string of the molecule is CNC(C)c1cnc(N2CCN(c3ccccc3)CC2)s1. The number of nitrogens with one attached hydrogen (secondary N) is 1. The van der Waals surface area contributed by atoms with Gasteiger partial charge in [0, 0.05) is 49.0 Å². The van der Waals surface area contributed by atoms with Gasteiger partial charge in [-0.3, -0.25) is 0 Å². The standard InChI is InChI=1S/C16H22N4S/c1-13(17-2)15-12-18-16(21-15)20-10-8-19(9-11-20)14-6-4-3-5-7-14/h3-7,12-13,17H,8-11H2,1-2H3. The van der Waals surface area contributed by atoms with Crippen LogP contribution in [0.4, 0.5) is 10.8 Å². The predicted molar refractivity (Wildman–Crippen MR) is 90.5 cm³/mol. The maximum Gasteiger partial charge on any atom is 0.185 e. The van der Waals surface area contributed by atoms with Crippen LogP contribution in [-0.4, -0.2) is 38.2 Å². The number of anilines is 2. The maximum atomic E-state index is 4.59. The summed E-state index contributed by atoms with van der Waals surface area (Å²) in [5.41, 5.74) is 1.32. The van der Waals surface area contributed by atoms with Crippen LogP contribution in [0.5, 0.6) is 0 Å². The zero-order valence-corrected chi connectivity index (χ0v) is 13.4. The lowest BCUT2D eigenvalue weighted by molar-refractivity contribution is 0.652. The van der Waals surface area contributed by atoms with Crippen molar-refractivity contribution in [2.75, 3.05) is 43.0 Å². The Morgan fingerprint density at radius 1 is 1.10 bits per heavy atom. The molecule has 1 aliphatic rings. The second-order valence-electron chi connectivity index (χ2n) is 5.37. The molecule has 1 aliphatic heterocycles. The second-order valence-corrected chi connectivity index (χ2v) is 6.41. The Morgan fingerprint density at radius 3 is 2.43 bits per heavy atom. The molecule has 21 heavy (non-hydrogen) atoms. The smallest absolute Gasteiger partial charge is 0.185 e. The van der Waals surface area contributed by atoms with E-state index in [1.807, 2.05) is 13.2 Å². The molecule has 0 aliphatic carbocycles. The zero-order valence-electron chi connectivity index (χ0n) is 12.6. The molecule has 1 unspecified atom stereocenters. The van der Waals surface area contributed by atoms with Crippen molar-refractivity contribution in [3.63, 3.8) is 0 Å². The highest BCUT2D eigenvalue weighted by atomic mass is 32.1. The highest BCUT2D eigenvalue weighted by molar-refractivity contribution is 7.15. The fourth-order valence-corrected chi connectivity index (χ4v) is 3.59. The Balaban J connectivity index is 1.62. The number of thiazole rings is 1. The summed E-state index contributed by atoms with van der Waals surface area (Å²) < 4.78 is 0. The van der Waals surface area contributed by atoms with E-state index in [1.54, 1.807) is 11.3 Å². The van der Waals surface area contributed by atoms with Gasteiger partial charge in [-0.25, -0.2) is 4.98 Å². The molecule has 1 aromatic carbocycles. The molecule has 0 bridgehead atoms. The molecule has 1 saturated heterocycles. The van der Waals surface area contributed by atoms with Crippen molar-refractivity contribution in [2.24, 2.45) is 0 Å². The number of rotatable bonds is 4. The van der Waals surface area contributed by atoms with Gasteiger partial charge in [-0.1, -0.05) is 18.2 Å². The lowest BCUT2D eigenvalue weighted by Gasteiger charge is -2.36. The van der Waals surface area contributed by atoms with Crippen LogP contribution in [0.15, 0.2) is 36.5 Å². The van der Waals surface area contributed by atoms with E-state index in [-0.39, 0.29) is 0 Å². The number of benzene rings is 1. The van der Waals surface area contributed by atoms with E-state index >= 15 is 0 Å². The van der Waals surface area contributed by atoms with Crippen LogP contribution >= 0.6 is 11.3 Å². The normalized spacial score (nSPS) is 17.0. The molecule has 5 heteroatoms. The topological polar surface area (TPSA) is 31.4 Å². The van der Waals surface area contributed by atoms with Gasteiger partial charge in [-0.2, -0.15) is 0 Å². The second kappa shape index (κ2) is 6.45. The number of nitrogens with zero attached hydrogens (tertiary/aromatic N) is 3. The molecule has 4 nitrogen and oxygen atoms in total. The van der Waals surface area contributed by atoms with Gasteiger partial charge in [0.05, 0.1) is 0 Å². The van der Waals surface area contributed by atoms with Crippen LogP contribution in [0.25, 0.3) is 0 Å². The van der Waals surface area contributed by atoms with Crippen molar-refractivity contribution >= 4 is 22.2 Å². The van der Waals surface area contributed by atoms with Crippen molar-refractivity contribution in [1.29, 1.82) is 0 Å². The van der Waals surface area contributed by atoms with Crippen LogP contribution in [0.1, 0.15) is 17.8 Å². The van der Waals surface area contributed by atoms with Crippen LogP contribution in [0, 0.1) is 0 Å². The molecule has 112 valence electrons. The number of para-hydroxylation sites is 1. The molecule has 0 radical (unpaired) electrons. The molecular formula is C16H22N4S. The van der Waals surface area contributed by atoms with Gasteiger partial charge >= 0.3 is 0 Å². The number of piperazine rings is 1. The first-order valence-electron chi connectivity index (χ1n) is 7.46. The minimum atomic E-state index is 0.377. The summed E-state index contributed by atoms with van der Waals surface area (Å²) in [5, 5.41) is 4.42.